The summed E-state index contributed by atoms with van der Waals surface area (Å²) in [5.41, 5.74) is 0.197. The van der Waals surface area contributed by atoms with Crippen LogP contribution < -0.4 is 5.32 Å². The van der Waals surface area contributed by atoms with Crippen LogP contribution in [0.4, 0.5) is 13.2 Å². The number of hydrogen-bond acceptors (Lipinski definition) is 2. The van der Waals surface area contributed by atoms with Crippen molar-refractivity contribution >= 4 is 5.91 Å². The smallest absolute Gasteiger partial charge is 0.349 e. The summed E-state index contributed by atoms with van der Waals surface area (Å²) in [4.78, 5) is 13.3. The Morgan fingerprint density at radius 2 is 2.05 bits per heavy atom. The fourth-order valence-electron chi connectivity index (χ4n) is 2.41. The molecule has 3 nitrogen and oxygen atoms in total. The van der Waals surface area contributed by atoms with Gasteiger partial charge in [-0.3, -0.25) is 9.69 Å². The summed E-state index contributed by atoms with van der Waals surface area (Å²) in [5.74, 6) is -0.198. The third-order valence-electron chi connectivity index (χ3n) is 3.49. The molecule has 1 amide bonds. The molecule has 1 aromatic rings. The highest BCUT2D eigenvalue weighted by atomic mass is 19.4. The molecule has 2 rings (SSSR count). The SMILES string of the molecule is C=CC(=O)N[C@H]1CCN(Cc2ccc(C(F)(F)F)cc2)C1. The first kappa shape index (κ1) is 15.6. The van der Waals surface area contributed by atoms with Crippen LogP contribution in [-0.4, -0.2) is 29.9 Å². The zero-order valence-electron chi connectivity index (χ0n) is 11.5. The van der Waals surface area contributed by atoms with E-state index in [0.29, 0.717) is 13.1 Å². The van der Waals surface area contributed by atoms with Crippen LogP contribution in [0.1, 0.15) is 17.5 Å². The first-order chi connectivity index (χ1) is 9.88. The van der Waals surface area contributed by atoms with Crippen LogP contribution in [0.2, 0.25) is 0 Å². The van der Waals surface area contributed by atoms with Crippen LogP contribution in [0.5, 0.6) is 0 Å². The third-order valence-corrected chi connectivity index (χ3v) is 3.49. The van der Waals surface area contributed by atoms with Gasteiger partial charge >= 0.3 is 6.18 Å². The normalized spacial score (nSPS) is 19.5. The zero-order chi connectivity index (χ0) is 15.5. The van der Waals surface area contributed by atoms with Crippen molar-refractivity contribution in [3.63, 3.8) is 0 Å². The number of carbonyl (C=O) groups excluding carboxylic acids is 1. The highest BCUT2D eigenvalue weighted by Gasteiger charge is 2.30. The summed E-state index contributed by atoms with van der Waals surface area (Å²) >= 11 is 0. The molecule has 0 bridgehead atoms. The van der Waals surface area contributed by atoms with Crippen molar-refractivity contribution in [3.8, 4) is 0 Å². The monoisotopic (exact) mass is 298 g/mol. The van der Waals surface area contributed by atoms with Gasteiger partial charge in [0.25, 0.3) is 0 Å². The summed E-state index contributed by atoms with van der Waals surface area (Å²) in [7, 11) is 0. The van der Waals surface area contributed by atoms with Gasteiger partial charge in [0.05, 0.1) is 5.56 Å². The summed E-state index contributed by atoms with van der Waals surface area (Å²) in [6.07, 6.45) is -2.23. The molecule has 0 unspecified atom stereocenters. The number of amides is 1. The molecule has 114 valence electrons. The van der Waals surface area contributed by atoms with Crippen molar-refractivity contribution in [3.05, 3.63) is 48.0 Å². The average Bonchev–Trinajstić information content (AvgIpc) is 2.85. The Balaban J connectivity index is 1.88. The number of nitrogens with zero attached hydrogens (tertiary/aromatic N) is 1. The van der Waals surface area contributed by atoms with Gasteiger partial charge in [-0.15, -0.1) is 0 Å². The summed E-state index contributed by atoms with van der Waals surface area (Å²) in [6, 6.07) is 5.27. The number of nitrogens with one attached hydrogen (secondary N) is 1. The Morgan fingerprint density at radius 1 is 1.38 bits per heavy atom. The van der Waals surface area contributed by atoms with E-state index in [0.717, 1.165) is 30.7 Å². The van der Waals surface area contributed by atoms with E-state index in [9.17, 15) is 18.0 Å². The first-order valence-electron chi connectivity index (χ1n) is 6.70. The second-order valence-electron chi connectivity index (χ2n) is 5.13. The number of benzene rings is 1. The molecular formula is C15H17F3N2O. The van der Waals surface area contributed by atoms with Crippen LogP contribution in [-0.2, 0) is 17.5 Å². The number of halogens is 3. The van der Waals surface area contributed by atoms with Gasteiger partial charge < -0.3 is 5.32 Å². The molecule has 0 saturated carbocycles. The van der Waals surface area contributed by atoms with E-state index in [-0.39, 0.29) is 11.9 Å². The molecule has 1 N–H and O–H groups in total. The first-order valence-corrected chi connectivity index (χ1v) is 6.70. The van der Waals surface area contributed by atoms with Crippen LogP contribution in [0, 0.1) is 0 Å². The summed E-state index contributed by atoms with van der Waals surface area (Å²) in [5, 5.41) is 2.83. The molecule has 0 radical (unpaired) electrons. The molecular weight excluding hydrogens is 281 g/mol. The predicted molar refractivity (Wildman–Crippen MR) is 73.5 cm³/mol. The maximum absolute atomic E-state index is 12.5. The molecule has 1 aliphatic rings. The molecule has 21 heavy (non-hydrogen) atoms. The number of likely N-dealkylation sites (tertiary alicyclic amines) is 1. The fourth-order valence-corrected chi connectivity index (χ4v) is 2.41. The molecule has 1 aromatic carbocycles. The minimum Gasteiger partial charge on any atom is -0.349 e. The van der Waals surface area contributed by atoms with Crippen LogP contribution in [0.3, 0.4) is 0 Å². The van der Waals surface area contributed by atoms with Crippen molar-refractivity contribution < 1.29 is 18.0 Å². The molecule has 0 aliphatic carbocycles. The predicted octanol–water partition coefficient (Wildman–Crippen LogP) is 2.58. The third kappa shape index (κ3) is 4.32. The summed E-state index contributed by atoms with van der Waals surface area (Å²) < 4.78 is 37.4. The van der Waals surface area contributed by atoms with E-state index in [1.54, 1.807) is 0 Å². The quantitative estimate of drug-likeness (QED) is 0.867. The minimum absolute atomic E-state index is 0.0740. The lowest BCUT2D eigenvalue weighted by Gasteiger charge is -2.17. The maximum Gasteiger partial charge on any atom is 0.416 e. The van der Waals surface area contributed by atoms with Gasteiger partial charge in [-0.05, 0) is 30.2 Å². The van der Waals surface area contributed by atoms with Gasteiger partial charge in [0.1, 0.15) is 0 Å². The second-order valence-corrected chi connectivity index (χ2v) is 5.13. The Hall–Kier alpha value is -1.82. The lowest BCUT2D eigenvalue weighted by atomic mass is 10.1. The van der Waals surface area contributed by atoms with Crippen LogP contribution in [0.15, 0.2) is 36.9 Å². The van der Waals surface area contributed by atoms with Crippen LogP contribution in [0.25, 0.3) is 0 Å². The largest absolute Gasteiger partial charge is 0.416 e. The number of hydrogen-bond donors (Lipinski definition) is 1. The van der Waals surface area contributed by atoms with Crippen molar-refractivity contribution in [1.29, 1.82) is 0 Å². The molecule has 1 saturated heterocycles. The Kier molecular flexibility index (Phi) is 4.67. The number of rotatable bonds is 4. The number of alkyl halides is 3. The highest BCUT2D eigenvalue weighted by Crippen LogP contribution is 2.29. The highest BCUT2D eigenvalue weighted by molar-refractivity contribution is 5.87. The van der Waals surface area contributed by atoms with E-state index < -0.39 is 11.7 Å². The molecule has 1 aliphatic heterocycles. The van der Waals surface area contributed by atoms with Crippen molar-refractivity contribution in [1.82, 2.24) is 10.2 Å². The average molecular weight is 298 g/mol. The van der Waals surface area contributed by atoms with Gasteiger partial charge in [-0.2, -0.15) is 13.2 Å². The Bertz CT molecular complexity index is 511. The molecule has 6 heteroatoms. The zero-order valence-corrected chi connectivity index (χ0v) is 11.5. The van der Waals surface area contributed by atoms with Crippen molar-refractivity contribution in [2.75, 3.05) is 13.1 Å². The lowest BCUT2D eigenvalue weighted by Crippen LogP contribution is -2.35. The van der Waals surface area contributed by atoms with Gasteiger partial charge in [0.15, 0.2) is 0 Å². The summed E-state index contributed by atoms with van der Waals surface area (Å²) in [6.45, 7) is 5.49. The molecule has 1 atom stereocenters. The lowest BCUT2D eigenvalue weighted by molar-refractivity contribution is -0.137. The molecule has 0 aromatic heterocycles. The minimum atomic E-state index is -4.30. The van der Waals surface area contributed by atoms with Gasteiger partial charge in [-0.25, -0.2) is 0 Å². The second kappa shape index (κ2) is 6.30. The van der Waals surface area contributed by atoms with E-state index in [1.807, 2.05) is 0 Å². The standard InChI is InChI=1S/C15H17F3N2O/c1-2-14(21)19-13-7-8-20(10-13)9-11-3-5-12(6-4-11)15(16,17)18/h2-6,13H,1,7-10H2,(H,19,21)/t13-/m0/s1. The van der Waals surface area contributed by atoms with Crippen molar-refractivity contribution in [2.45, 2.75) is 25.2 Å². The van der Waals surface area contributed by atoms with Gasteiger partial charge in [0.2, 0.25) is 5.91 Å². The van der Waals surface area contributed by atoms with E-state index >= 15 is 0 Å². The Labute approximate surface area is 121 Å². The molecule has 1 fully saturated rings. The molecule has 0 spiro atoms. The van der Waals surface area contributed by atoms with E-state index in [4.69, 9.17) is 0 Å². The van der Waals surface area contributed by atoms with Crippen molar-refractivity contribution in [2.24, 2.45) is 0 Å². The van der Waals surface area contributed by atoms with E-state index in [1.165, 1.54) is 18.2 Å². The number of carbonyl (C=O) groups is 1. The topological polar surface area (TPSA) is 32.3 Å². The van der Waals surface area contributed by atoms with Gasteiger partial charge in [-0.1, -0.05) is 18.7 Å². The fraction of sp³-hybridized carbons (Fsp3) is 0.400. The van der Waals surface area contributed by atoms with Crippen LogP contribution >= 0.6 is 0 Å². The maximum atomic E-state index is 12.5. The molecule has 1 heterocycles. The van der Waals surface area contributed by atoms with E-state index in [2.05, 4.69) is 16.8 Å². The Morgan fingerprint density at radius 3 is 2.62 bits per heavy atom. The van der Waals surface area contributed by atoms with Gasteiger partial charge in [0, 0.05) is 25.7 Å².